The molecule has 0 radical (unpaired) electrons. The fourth-order valence-corrected chi connectivity index (χ4v) is 2.86. The molecule has 6 heteroatoms. The fourth-order valence-electron chi connectivity index (χ4n) is 2.35. The van der Waals surface area contributed by atoms with Crippen LogP contribution in [0.1, 0.15) is 11.1 Å². The summed E-state index contributed by atoms with van der Waals surface area (Å²) in [6.45, 7) is 0.845. The van der Waals surface area contributed by atoms with Crippen LogP contribution in [0.5, 0.6) is 0 Å². The number of nitrogens with zero attached hydrogens (tertiary/aromatic N) is 3. The van der Waals surface area contributed by atoms with Crippen LogP contribution in [0, 0.1) is 0 Å². The van der Waals surface area contributed by atoms with Crippen LogP contribution >= 0.6 is 23.2 Å². The van der Waals surface area contributed by atoms with Crippen LogP contribution in [0.15, 0.2) is 78.5 Å². The normalized spacial score (nSPS) is 11.8. The average Bonchev–Trinajstić information content (AvgIpc) is 3.15. The van der Waals surface area contributed by atoms with Crippen molar-refractivity contribution in [1.82, 2.24) is 9.55 Å². The van der Waals surface area contributed by atoms with Gasteiger partial charge in [0.25, 0.3) is 0 Å². The molecule has 3 rings (SSSR count). The highest BCUT2D eigenvalue weighted by molar-refractivity contribution is 6.37. The first-order valence-corrected chi connectivity index (χ1v) is 8.79. The first-order valence-electron chi connectivity index (χ1n) is 8.04. The van der Waals surface area contributed by atoms with Crippen molar-refractivity contribution in [3.63, 3.8) is 0 Å². The Balaban J connectivity index is 1.72. The second-order valence-electron chi connectivity index (χ2n) is 5.51. The van der Waals surface area contributed by atoms with Crippen molar-refractivity contribution < 1.29 is 4.84 Å². The van der Waals surface area contributed by atoms with Gasteiger partial charge in [0, 0.05) is 23.0 Å². The minimum atomic E-state index is 0.355. The van der Waals surface area contributed by atoms with Crippen LogP contribution in [-0.2, 0) is 11.4 Å². The van der Waals surface area contributed by atoms with Crippen LogP contribution in [0.3, 0.4) is 0 Å². The van der Waals surface area contributed by atoms with E-state index >= 15 is 0 Å². The predicted molar refractivity (Wildman–Crippen MR) is 107 cm³/mol. The highest BCUT2D eigenvalue weighted by Gasteiger charge is 2.11. The first-order chi connectivity index (χ1) is 12.7. The van der Waals surface area contributed by atoms with Gasteiger partial charge in [-0.3, -0.25) is 0 Å². The lowest BCUT2D eigenvalue weighted by atomic mass is 10.1. The van der Waals surface area contributed by atoms with Gasteiger partial charge in [0.1, 0.15) is 12.3 Å². The molecular weight excluding hydrogens is 369 g/mol. The Morgan fingerprint density at radius 2 is 2.00 bits per heavy atom. The largest absolute Gasteiger partial charge is 0.391 e. The third kappa shape index (κ3) is 5.22. The molecule has 2 aromatic carbocycles. The molecule has 4 nitrogen and oxygen atoms in total. The molecule has 0 saturated heterocycles. The van der Waals surface area contributed by atoms with Gasteiger partial charge in [-0.25, -0.2) is 4.98 Å². The Bertz CT molecular complexity index is 891. The number of halogens is 2. The van der Waals surface area contributed by atoms with Crippen molar-refractivity contribution in [3.05, 3.63) is 94.5 Å². The number of benzene rings is 2. The maximum absolute atomic E-state index is 6.32. The van der Waals surface area contributed by atoms with Gasteiger partial charge < -0.3 is 9.40 Å². The van der Waals surface area contributed by atoms with E-state index in [1.54, 1.807) is 24.7 Å². The molecular formula is C20H17Cl2N3O. The number of oxime groups is 1. The van der Waals surface area contributed by atoms with E-state index in [2.05, 4.69) is 10.1 Å². The molecule has 0 atom stereocenters. The van der Waals surface area contributed by atoms with E-state index in [1.165, 1.54) is 0 Å². The van der Waals surface area contributed by atoms with Crippen molar-refractivity contribution in [2.75, 3.05) is 6.61 Å². The second-order valence-corrected chi connectivity index (χ2v) is 6.35. The summed E-state index contributed by atoms with van der Waals surface area (Å²) in [5, 5.41) is 5.38. The van der Waals surface area contributed by atoms with Gasteiger partial charge in [-0.15, -0.1) is 0 Å². The van der Waals surface area contributed by atoms with Crippen LogP contribution in [0.4, 0.5) is 0 Å². The number of hydrogen-bond acceptors (Lipinski definition) is 3. The minimum Gasteiger partial charge on any atom is -0.391 e. The zero-order valence-electron chi connectivity index (χ0n) is 13.9. The summed E-state index contributed by atoms with van der Waals surface area (Å²) in [7, 11) is 0. The van der Waals surface area contributed by atoms with Crippen LogP contribution in [-0.4, -0.2) is 21.9 Å². The Morgan fingerprint density at radius 1 is 1.15 bits per heavy atom. The SMILES string of the molecule is Clc1ccc(/C(Cn2ccnc2)=N\OC/C=C/c2ccccc2)c(Cl)c1. The smallest absolute Gasteiger partial charge is 0.135 e. The quantitative estimate of drug-likeness (QED) is 0.313. The predicted octanol–water partition coefficient (Wildman–Crippen LogP) is 5.32. The number of hydrogen-bond donors (Lipinski definition) is 0. The van der Waals surface area contributed by atoms with E-state index in [4.69, 9.17) is 28.0 Å². The van der Waals surface area contributed by atoms with Crippen LogP contribution in [0.2, 0.25) is 10.0 Å². The molecule has 0 aliphatic heterocycles. The van der Waals surface area contributed by atoms with E-state index in [0.717, 1.165) is 11.1 Å². The van der Waals surface area contributed by atoms with Crippen molar-refractivity contribution in [2.45, 2.75) is 6.54 Å². The molecule has 0 saturated carbocycles. The third-order valence-corrected chi connectivity index (χ3v) is 4.14. The number of imidazole rings is 1. The molecule has 0 bridgehead atoms. The highest BCUT2D eigenvalue weighted by atomic mass is 35.5. The van der Waals surface area contributed by atoms with Gasteiger partial charge in [-0.2, -0.15) is 0 Å². The standard InChI is InChI=1S/C20H17Cl2N3O/c21-17-8-9-18(19(22)13-17)20(14-25-11-10-23-15-25)24-26-12-4-7-16-5-2-1-3-6-16/h1-11,13,15H,12,14H2/b7-4+,24-20-. The van der Waals surface area contributed by atoms with Crippen molar-refractivity contribution in [2.24, 2.45) is 5.16 Å². The van der Waals surface area contributed by atoms with Gasteiger partial charge in [-0.1, -0.05) is 64.8 Å². The van der Waals surface area contributed by atoms with E-state index in [0.29, 0.717) is 28.9 Å². The van der Waals surface area contributed by atoms with Crippen LogP contribution < -0.4 is 0 Å². The summed E-state index contributed by atoms with van der Waals surface area (Å²) < 4.78 is 1.90. The molecule has 0 amide bonds. The lowest BCUT2D eigenvalue weighted by molar-refractivity contribution is 0.174. The summed E-state index contributed by atoms with van der Waals surface area (Å²) in [6, 6.07) is 15.3. The molecule has 1 aromatic heterocycles. The van der Waals surface area contributed by atoms with Gasteiger partial charge in [0.2, 0.25) is 0 Å². The highest BCUT2D eigenvalue weighted by Crippen LogP contribution is 2.22. The zero-order valence-corrected chi connectivity index (χ0v) is 15.4. The van der Waals surface area contributed by atoms with Crippen LogP contribution in [0.25, 0.3) is 6.08 Å². The molecule has 0 fully saturated rings. The third-order valence-electron chi connectivity index (χ3n) is 3.59. The van der Waals surface area contributed by atoms with Crippen molar-refractivity contribution >= 4 is 35.0 Å². The van der Waals surface area contributed by atoms with Gasteiger partial charge in [0.15, 0.2) is 0 Å². The maximum atomic E-state index is 6.32. The molecule has 26 heavy (non-hydrogen) atoms. The van der Waals surface area contributed by atoms with Gasteiger partial charge in [-0.05, 0) is 29.8 Å². The molecule has 0 aliphatic carbocycles. The number of aromatic nitrogens is 2. The first kappa shape index (κ1) is 18.2. The van der Waals surface area contributed by atoms with E-state index in [1.807, 2.05) is 59.3 Å². The molecule has 1 heterocycles. The lowest BCUT2D eigenvalue weighted by Gasteiger charge is -2.09. The summed E-state index contributed by atoms with van der Waals surface area (Å²) in [5.41, 5.74) is 2.58. The zero-order chi connectivity index (χ0) is 18.2. The van der Waals surface area contributed by atoms with E-state index in [-0.39, 0.29) is 0 Å². The molecule has 132 valence electrons. The Morgan fingerprint density at radius 3 is 2.73 bits per heavy atom. The molecule has 0 spiro atoms. The van der Waals surface area contributed by atoms with Gasteiger partial charge in [0.05, 0.1) is 17.9 Å². The second kappa shape index (κ2) is 9.22. The van der Waals surface area contributed by atoms with Crippen molar-refractivity contribution in [1.29, 1.82) is 0 Å². The number of rotatable bonds is 7. The topological polar surface area (TPSA) is 39.4 Å². The maximum Gasteiger partial charge on any atom is 0.135 e. The monoisotopic (exact) mass is 385 g/mol. The minimum absolute atomic E-state index is 0.355. The summed E-state index contributed by atoms with van der Waals surface area (Å²) >= 11 is 12.3. The summed E-state index contributed by atoms with van der Waals surface area (Å²) in [5.74, 6) is 0. The van der Waals surface area contributed by atoms with Crippen molar-refractivity contribution in [3.8, 4) is 0 Å². The van der Waals surface area contributed by atoms with E-state index < -0.39 is 0 Å². The summed E-state index contributed by atoms with van der Waals surface area (Å²) in [4.78, 5) is 9.53. The molecule has 0 N–H and O–H groups in total. The Kier molecular flexibility index (Phi) is 6.47. The molecule has 0 aliphatic rings. The molecule has 0 unspecified atom stereocenters. The lowest BCUT2D eigenvalue weighted by Crippen LogP contribution is -2.12. The van der Waals surface area contributed by atoms with E-state index in [9.17, 15) is 0 Å². The summed E-state index contributed by atoms with van der Waals surface area (Å²) in [6.07, 6.45) is 9.19. The fraction of sp³-hybridized carbons (Fsp3) is 0.100. The Hall–Kier alpha value is -2.56. The average molecular weight is 386 g/mol. The Labute approximate surface area is 162 Å². The molecule has 3 aromatic rings. The van der Waals surface area contributed by atoms with Gasteiger partial charge >= 0.3 is 0 Å².